The number of amides is 1. The third-order valence-electron chi connectivity index (χ3n) is 5.79. The summed E-state index contributed by atoms with van der Waals surface area (Å²) < 4.78 is 16.9. The first kappa shape index (κ1) is 21.4. The van der Waals surface area contributed by atoms with E-state index in [0.717, 1.165) is 30.4 Å². The maximum Gasteiger partial charge on any atom is 0.411 e. The van der Waals surface area contributed by atoms with Crippen molar-refractivity contribution in [1.82, 2.24) is 4.90 Å². The van der Waals surface area contributed by atoms with Crippen LogP contribution in [-0.4, -0.2) is 35.2 Å². The van der Waals surface area contributed by atoms with Gasteiger partial charge in [0.25, 0.3) is 0 Å². The number of nitrogens with zero attached hydrogens (tertiary/aromatic N) is 1. The van der Waals surface area contributed by atoms with Crippen LogP contribution in [0.2, 0.25) is 0 Å². The van der Waals surface area contributed by atoms with Gasteiger partial charge in [-0.25, -0.2) is 14.4 Å². The molecule has 1 aliphatic heterocycles. The first-order valence-electron chi connectivity index (χ1n) is 10.9. The van der Waals surface area contributed by atoms with E-state index >= 15 is 0 Å². The lowest BCUT2D eigenvalue weighted by molar-refractivity contribution is -0.139. The normalized spacial score (nSPS) is 18.7. The number of carbonyl (C=O) groups excluding carboxylic acids is 2. The summed E-state index contributed by atoms with van der Waals surface area (Å²) in [5.41, 5.74) is 1.90. The Bertz CT molecular complexity index is 1090. The number of hydrogen-bond donors (Lipinski definition) is 0. The van der Waals surface area contributed by atoms with Crippen LogP contribution in [0.4, 0.5) is 4.79 Å². The molecule has 4 rings (SSSR count). The number of fused-ring (bicyclic) bond motifs is 3. The van der Waals surface area contributed by atoms with E-state index < -0.39 is 23.7 Å². The Morgan fingerprint density at radius 3 is 2.52 bits per heavy atom. The molecule has 166 valence electrons. The van der Waals surface area contributed by atoms with Crippen LogP contribution in [0.3, 0.4) is 0 Å². The molecule has 31 heavy (non-hydrogen) atoms. The molecular weight excluding hydrogens is 398 g/mol. The van der Waals surface area contributed by atoms with Crippen LogP contribution in [0.25, 0.3) is 11.0 Å². The molecule has 0 N–H and O–H groups in total. The van der Waals surface area contributed by atoms with E-state index in [1.54, 1.807) is 32.9 Å². The minimum absolute atomic E-state index is 0.308. The highest BCUT2D eigenvalue weighted by Crippen LogP contribution is 2.35. The van der Waals surface area contributed by atoms with Crippen LogP contribution in [-0.2, 0) is 22.4 Å². The molecular formula is C24H29NO6. The standard InChI is InChI=1S/C24H29NO6/c1-14-12-18-20(15-8-5-6-9-16(15)21(26)29-18)19(13-14)30-22(27)17-10-7-11-25(17)23(28)31-24(2,3)4/h12-13,17H,5-11H2,1-4H3. The summed E-state index contributed by atoms with van der Waals surface area (Å²) in [6.45, 7) is 7.70. The zero-order valence-corrected chi connectivity index (χ0v) is 18.6. The summed E-state index contributed by atoms with van der Waals surface area (Å²) in [5.74, 6) is -0.107. The van der Waals surface area contributed by atoms with E-state index in [0.29, 0.717) is 48.1 Å². The highest BCUT2D eigenvalue weighted by molar-refractivity contribution is 5.92. The van der Waals surface area contributed by atoms with Crippen molar-refractivity contribution < 1.29 is 23.5 Å². The van der Waals surface area contributed by atoms with E-state index in [-0.39, 0.29) is 5.63 Å². The maximum atomic E-state index is 13.1. The molecule has 7 nitrogen and oxygen atoms in total. The van der Waals surface area contributed by atoms with Crippen molar-refractivity contribution in [2.75, 3.05) is 6.54 Å². The van der Waals surface area contributed by atoms with Crippen LogP contribution >= 0.6 is 0 Å². The second kappa shape index (κ2) is 8.02. The van der Waals surface area contributed by atoms with Crippen LogP contribution in [0, 0.1) is 6.92 Å². The number of likely N-dealkylation sites (tertiary alicyclic amines) is 1. The van der Waals surface area contributed by atoms with Gasteiger partial charge in [0.1, 0.15) is 23.0 Å². The van der Waals surface area contributed by atoms with Gasteiger partial charge in [0.2, 0.25) is 0 Å². The summed E-state index contributed by atoms with van der Waals surface area (Å²) in [7, 11) is 0. The van der Waals surface area contributed by atoms with Crippen molar-refractivity contribution in [3.63, 3.8) is 0 Å². The van der Waals surface area contributed by atoms with E-state index in [1.165, 1.54) is 4.90 Å². The van der Waals surface area contributed by atoms with Gasteiger partial charge in [0.15, 0.2) is 0 Å². The minimum atomic E-state index is -0.697. The van der Waals surface area contributed by atoms with E-state index in [2.05, 4.69) is 0 Å². The molecule has 1 saturated heterocycles. The van der Waals surface area contributed by atoms with Gasteiger partial charge in [-0.15, -0.1) is 0 Å². The van der Waals surface area contributed by atoms with Gasteiger partial charge in [-0.05, 0) is 89.5 Å². The fraction of sp³-hybridized carbons (Fsp3) is 0.542. The van der Waals surface area contributed by atoms with Gasteiger partial charge in [-0.3, -0.25) is 4.90 Å². The summed E-state index contributed by atoms with van der Waals surface area (Å²) in [6, 6.07) is 2.89. The molecule has 0 radical (unpaired) electrons. The molecule has 0 saturated carbocycles. The Kier molecular flexibility index (Phi) is 5.54. The molecule has 7 heteroatoms. The third-order valence-corrected chi connectivity index (χ3v) is 5.79. The Morgan fingerprint density at radius 1 is 1.10 bits per heavy atom. The van der Waals surface area contributed by atoms with Gasteiger partial charge >= 0.3 is 17.7 Å². The summed E-state index contributed by atoms with van der Waals surface area (Å²) in [5, 5.41) is 0.690. The average Bonchev–Trinajstić information content (AvgIpc) is 3.16. The van der Waals surface area contributed by atoms with Crippen molar-refractivity contribution in [3.05, 3.63) is 39.2 Å². The fourth-order valence-electron chi connectivity index (χ4n) is 4.47. The van der Waals surface area contributed by atoms with Gasteiger partial charge in [-0.1, -0.05) is 0 Å². The number of hydrogen-bond acceptors (Lipinski definition) is 6. The number of benzene rings is 1. The lowest BCUT2D eigenvalue weighted by Crippen LogP contribution is -2.44. The number of rotatable bonds is 2. The van der Waals surface area contributed by atoms with Crippen LogP contribution < -0.4 is 10.4 Å². The molecule has 0 bridgehead atoms. The van der Waals surface area contributed by atoms with Gasteiger partial charge in [0.05, 0.1) is 5.39 Å². The molecule has 1 aromatic carbocycles. The van der Waals surface area contributed by atoms with Gasteiger partial charge in [0, 0.05) is 12.1 Å². The minimum Gasteiger partial charge on any atom is -0.444 e. The first-order chi connectivity index (χ1) is 14.6. The lowest BCUT2D eigenvalue weighted by Gasteiger charge is -2.27. The second-order valence-electron chi connectivity index (χ2n) is 9.44. The van der Waals surface area contributed by atoms with Crippen molar-refractivity contribution in [2.24, 2.45) is 0 Å². The van der Waals surface area contributed by atoms with E-state index in [1.807, 2.05) is 6.92 Å². The average molecular weight is 427 g/mol. The second-order valence-corrected chi connectivity index (χ2v) is 9.44. The van der Waals surface area contributed by atoms with Crippen molar-refractivity contribution >= 4 is 23.0 Å². The molecule has 2 aliphatic rings. The van der Waals surface area contributed by atoms with E-state index in [9.17, 15) is 14.4 Å². The van der Waals surface area contributed by atoms with Crippen molar-refractivity contribution in [2.45, 2.75) is 77.9 Å². The topological polar surface area (TPSA) is 86.0 Å². The molecule has 2 aromatic rings. The predicted octanol–water partition coefficient (Wildman–Crippen LogP) is 4.29. The zero-order valence-electron chi connectivity index (χ0n) is 18.6. The Labute approximate surface area is 181 Å². The van der Waals surface area contributed by atoms with Gasteiger partial charge < -0.3 is 13.9 Å². The molecule has 1 atom stereocenters. The largest absolute Gasteiger partial charge is 0.444 e. The SMILES string of the molecule is Cc1cc(OC(=O)C2CCCN2C(=O)OC(C)(C)C)c2c3c(c(=O)oc2c1)CCCC3. The number of aryl methyl sites for hydroxylation is 2. The third kappa shape index (κ3) is 4.31. The summed E-state index contributed by atoms with van der Waals surface area (Å²) >= 11 is 0. The van der Waals surface area contributed by atoms with Gasteiger partial charge in [-0.2, -0.15) is 0 Å². The zero-order chi connectivity index (χ0) is 22.3. The number of esters is 1. The first-order valence-corrected chi connectivity index (χ1v) is 10.9. The Hall–Kier alpha value is -2.83. The highest BCUT2D eigenvalue weighted by Gasteiger charge is 2.38. The number of carbonyl (C=O) groups is 2. The molecule has 1 aliphatic carbocycles. The predicted molar refractivity (Wildman–Crippen MR) is 115 cm³/mol. The highest BCUT2D eigenvalue weighted by atomic mass is 16.6. The van der Waals surface area contributed by atoms with Crippen LogP contribution in [0.15, 0.2) is 21.3 Å². The Balaban J connectivity index is 1.67. The Morgan fingerprint density at radius 2 is 1.81 bits per heavy atom. The molecule has 1 fully saturated rings. The lowest BCUT2D eigenvalue weighted by atomic mass is 9.90. The summed E-state index contributed by atoms with van der Waals surface area (Å²) in [4.78, 5) is 39.6. The van der Waals surface area contributed by atoms with Crippen LogP contribution in [0.1, 0.15) is 63.1 Å². The van der Waals surface area contributed by atoms with Crippen molar-refractivity contribution in [3.8, 4) is 5.75 Å². The molecule has 1 amide bonds. The summed E-state index contributed by atoms with van der Waals surface area (Å²) in [6.07, 6.45) is 4.05. The van der Waals surface area contributed by atoms with E-state index in [4.69, 9.17) is 13.9 Å². The van der Waals surface area contributed by atoms with Crippen LogP contribution in [0.5, 0.6) is 5.75 Å². The molecule has 1 aromatic heterocycles. The smallest absolute Gasteiger partial charge is 0.411 e. The number of ether oxygens (including phenoxy) is 2. The quantitative estimate of drug-likeness (QED) is 0.404. The maximum absolute atomic E-state index is 13.1. The molecule has 0 spiro atoms. The molecule has 2 heterocycles. The monoisotopic (exact) mass is 427 g/mol. The van der Waals surface area contributed by atoms with Crippen molar-refractivity contribution in [1.29, 1.82) is 0 Å². The fourth-order valence-corrected chi connectivity index (χ4v) is 4.47. The molecule has 1 unspecified atom stereocenters.